The van der Waals surface area contributed by atoms with E-state index in [0.717, 1.165) is 0 Å². The van der Waals surface area contributed by atoms with Crippen molar-refractivity contribution >= 4 is 0 Å². The fourth-order valence-electron chi connectivity index (χ4n) is 0.566. The molecule has 0 saturated carbocycles. The van der Waals surface area contributed by atoms with Gasteiger partial charge in [0.2, 0.25) is 0 Å². The molecule has 0 radical (unpaired) electrons. The maximum atomic E-state index is 4.91. The predicted octanol–water partition coefficient (Wildman–Crippen LogP) is 0.0499. The minimum Gasteiger partial charge on any atom is -0.382 e. The summed E-state index contributed by atoms with van der Waals surface area (Å²) in [7, 11) is 1.65. The first kappa shape index (κ1) is 5.59. The molecular weight excluding hydrogens is 106 g/mol. The molecule has 0 spiro atoms. The van der Waals surface area contributed by atoms with Gasteiger partial charge in [-0.05, 0) is 6.08 Å². The van der Waals surface area contributed by atoms with Gasteiger partial charge in [-0.3, -0.25) is 10.3 Å². The summed E-state index contributed by atoms with van der Waals surface area (Å²) in [5.41, 5.74) is 2.60. The van der Waals surface area contributed by atoms with Gasteiger partial charge < -0.3 is 4.74 Å². The highest BCUT2D eigenvalue weighted by Gasteiger charge is 2.07. The fraction of sp³-hybridized carbons (Fsp3) is 0.600. The van der Waals surface area contributed by atoms with E-state index in [1.54, 1.807) is 13.3 Å². The molecule has 1 atom stereocenters. The number of ether oxygens (including phenoxy) is 1. The number of nitrogens with one attached hydrogen (secondary N) is 1. The zero-order valence-electron chi connectivity index (χ0n) is 4.76. The van der Waals surface area contributed by atoms with E-state index >= 15 is 0 Å². The Morgan fingerprint density at radius 1 is 1.88 bits per heavy atom. The SMILES string of the molecule is COCC1C=CNO1. The van der Waals surface area contributed by atoms with Gasteiger partial charge >= 0.3 is 0 Å². The van der Waals surface area contributed by atoms with Crippen molar-refractivity contribution in [3.63, 3.8) is 0 Å². The van der Waals surface area contributed by atoms with Crippen molar-refractivity contribution in [3.05, 3.63) is 12.3 Å². The molecular formula is C5H9NO2. The van der Waals surface area contributed by atoms with E-state index in [2.05, 4.69) is 5.48 Å². The van der Waals surface area contributed by atoms with Crippen molar-refractivity contribution in [1.82, 2.24) is 5.48 Å². The Kier molecular flexibility index (Phi) is 1.88. The molecule has 46 valence electrons. The second-order valence-corrected chi connectivity index (χ2v) is 1.59. The monoisotopic (exact) mass is 115 g/mol. The van der Waals surface area contributed by atoms with Gasteiger partial charge in [-0.2, -0.15) is 0 Å². The van der Waals surface area contributed by atoms with Gasteiger partial charge in [0.05, 0.1) is 6.61 Å². The van der Waals surface area contributed by atoms with Crippen LogP contribution in [0.25, 0.3) is 0 Å². The topological polar surface area (TPSA) is 30.5 Å². The van der Waals surface area contributed by atoms with Crippen molar-refractivity contribution in [2.24, 2.45) is 0 Å². The summed E-state index contributed by atoms with van der Waals surface area (Å²) >= 11 is 0. The van der Waals surface area contributed by atoms with Crippen LogP contribution < -0.4 is 5.48 Å². The Morgan fingerprint density at radius 3 is 3.25 bits per heavy atom. The van der Waals surface area contributed by atoms with E-state index in [1.165, 1.54) is 0 Å². The third-order valence-corrected chi connectivity index (χ3v) is 0.929. The van der Waals surface area contributed by atoms with E-state index < -0.39 is 0 Å². The summed E-state index contributed by atoms with van der Waals surface area (Å²) < 4.78 is 4.81. The summed E-state index contributed by atoms with van der Waals surface area (Å²) in [6, 6.07) is 0. The lowest BCUT2D eigenvalue weighted by molar-refractivity contribution is 0.00116. The third-order valence-electron chi connectivity index (χ3n) is 0.929. The van der Waals surface area contributed by atoms with Gasteiger partial charge in [-0.1, -0.05) is 0 Å². The maximum absolute atomic E-state index is 4.91. The molecule has 8 heavy (non-hydrogen) atoms. The molecule has 1 aliphatic heterocycles. The minimum absolute atomic E-state index is 0.0972. The maximum Gasteiger partial charge on any atom is 0.128 e. The molecule has 0 aliphatic carbocycles. The van der Waals surface area contributed by atoms with Crippen molar-refractivity contribution in [2.45, 2.75) is 6.10 Å². The Labute approximate surface area is 48.2 Å². The molecule has 0 saturated heterocycles. The van der Waals surface area contributed by atoms with E-state index in [9.17, 15) is 0 Å². The first-order valence-electron chi connectivity index (χ1n) is 2.50. The summed E-state index contributed by atoms with van der Waals surface area (Å²) in [5.74, 6) is 0. The number of methoxy groups -OCH3 is 1. The summed E-state index contributed by atoms with van der Waals surface area (Å²) in [6.45, 7) is 0.615. The van der Waals surface area contributed by atoms with Crippen LogP contribution in [0, 0.1) is 0 Å². The van der Waals surface area contributed by atoms with Crippen LogP contribution in [0.15, 0.2) is 12.3 Å². The molecule has 1 aliphatic rings. The molecule has 1 rings (SSSR count). The van der Waals surface area contributed by atoms with Crippen LogP contribution in [0.4, 0.5) is 0 Å². The number of hydroxylamine groups is 1. The van der Waals surface area contributed by atoms with E-state index in [-0.39, 0.29) is 6.10 Å². The largest absolute Gasteiger partial charge is 0.382 e. The normalized spacial score (nSPS) is 25.9. The zero-order valence-corrected chi connectivity index (χ0v) is 4.76. The van der Waals surface area contributed by atoms with Crippen molar-refractivity contribution in [3.8, 4) is 0 Å². The average molecular weight is 115 g/mol. The van der Waals surface area contributed by atoms with E-state index in [0.29, 0.717) is 6.61 Å². The fourth-order valence-corrected chi connectivity index (χ4v) is 0.566. The van der Waals surface area contributed by atoms with Crippen LogP contribution in [-0.4, -0.2) is 19.8 Å². The van der Waals surface area contributed by atoms with Gasteiger partial charge in [-0.25, -0.2) is 0 Å². The van der Waals surface area contributed by atoms with Crippen molar-refractivity contribution in [2.75, 3.05) is 13.7 Å². The molecule has 3 nitrogen and oxygen atoms in total. The highest BCUT2D eigenvalue weighted by atomic mass is 16.7. The van der Waals surface area contributed by atoms with Gasteiger partial charge in [0.15, 0.2) is 0 Å². The van der Waals surface area contributed by atoms with Crippen molar-refractivity contribution < 1.29 is 9.57 Å². The molecule has 1 unspecified atom stereocenters. The molecule has 0 bridgehead atoms. The van der Waals surface area contributed by atoms with Gasteiger partial charge in [-0.15, -0.1) is 0 Å². The van der Waals surface area contributed by atoms with Gasteiger partial charge in [0, 0.05) is 13.3 Å². The molecule has 0 aromatic carbocycles. The van der Waals surface area contributed by atoms with Crippen LogP contribution in [0.3, 0.4) is 0 Å². The molecule has 1 N–H and O–H groups in total. The first-order chi connectivity index (χ1) is 3.93. The van der Waals surface area contributed by atoms with Crippen LogP contribution >= 0.6 is 0 Å². The number of hydrogen-bond acceptors (Lipinski definition) is 3. The average Bonchev–Trinajstić information content (AvgIpc) is 2.19. The molecule has 3 heteroatoms. The van der Waals surface area contributed by atoms with Crippen LogP contribution in [0.1, 0.15) is 0 Å². The summed E-state index contributed by atoms with van der Waals surface area (Å²) in [4.78, 5) is 4.91. The van der Waals surface area contributed by atoms with Crippen LogP contribution in [-0.2, 0) is 9.57 Å². The summed E-state index contributed by atoms with van der Waals surface area (Å²) in [6.07, 6.45) is 3.76. The third kappa shape index (κ3) is 1.21. The first-order valence-corrected chi connectivity index (χ1v) is 2.50. The second kappa shape index (κ2) is 2.69. The van der Waals surface area contributed by atoms with E-state index in [4.69, 9.17) is 9.57 Å². The van der Waals surface area contributed by atoms with Crippen LogP contribution in [0.5, 0.6) is 0 Å². The predicted molar refractivity (Wildman–Crippen MR) is 29.0 cm³/mol. The highest BCUT2D eigenvalue weighted by molar-refractivity contribution is 4.90. The smallest absolute Gasteiger partial charge is 0.128 e. The Bertz CT molecular complexity index is 92.4. The lowest BCUT2D eigenvalue weighted by atomic mass is 10.4. The quantitative estimate of drug-likeness (QED) is 0.551. The molecule has 1 heterocycles. The molecule has 0 fully saturated rings. The van der Waals surface area contributed by atoms with Gasteiger partial charge in [0.1, 0.15) is 6.10 Å². The molecule has 0 amide bonds. The Morgan fingerprint density at radius 2 is 2.75 bits per heavy atom. The molecule has 0 aromatic heterocycles. The highest BCUT2D eigenvalue weighted by Crippen LogP contribution is 1.97. The molecule has 0 aromatic rings. The Balaban J connectivity index is 2.16. The zero-order chi connectivity index (χ0) is 5.82. The second-order valence-electron chi connectivity index (χ2n) is 1.59. The summed E-state index contributed by atoms with van der Waals surface area (Å²) in [5, 5.41) is 0. The number of hydrogen-bond donors (Lipinski definition) is 1. The van der Waals surface area contributed by atoms with Crippen molar-refractivity contribution in [1.29, 1.82) is 0 Å². The lowest BCUT2D eigenvalue weighted by Crippen LogP contribution is -2.15. The minimum atomic E-state index is 0.0972. The standard InChI is InChI=1S/C5H9NO2/c1-7-4-5-2-3-6-8-5/h2-3,5-6H,4H2,1H3. The van der Waals surface area contributed by atoms with E-state index in [1.807, 2.05) is 6.08 Å². The lowest BCUT2D eigenvalue weighted by Gasteiger charge is -2.03. The van der Waals surface area contributed by atoms with Crippen LogP contribution in [0.2, 0.25) is 0 Å². The Hall–Kier alpha value is -0.540. The number of rotatable bonds is 2. The van der Waals surface area contributed by atoms with Gasteiger partial charge in [0.25, 0.3) is 0 Å².